The quantitative estimate of drug-likeness (QED) is 0.708. The zero-order valence-electron chi connectivity index (χ0n) is 15.2. The van der Waals surface area contributed by atoms with Crippen molar-refractivity contribution in [3.63, 3.8) is 0 Å². The van der Waals surface area contributed by atoms with Gasteiger partial charge in [0.25, 0.3) is 5.56 Å². The number of aromatic hydroxyl groups is 1. The highest BCUT2D eigenvalue weighted by Crippen LogP contribution is 2.31. The van der Waals surface area contributed by atoms with E-state index in [1.54, 1.807) is 38.2 Å². The Morgan fingerprint density at radius 1 is 1.30 bits per heavy atom. The van der Waals surface area contributed by atoms with Crippen LogP contribution in [0.15, 0.2) is 50.6 Å². The highest BCUT2D eigenvalue weighted by molar-refractivity contribution is 5.77. The lowest BCUT2D eigenvalue weighted by Crippen LogP contribution is -2.28. The number of nitrogens with zero attached hydrogens (tertiary/aromatic N) is 1. The van der Waals surface area contributed by atoms with Gasteiger partial charge in [0.05, 0.1) is 30.7 Å². The number of methoxy groups -OCH3 is 1. The second-order valence-corrected chi connectivity index (χ2v) is 6.30. The summed E-state index contributed by atoms with van der Waals surface area (Å²) in [6.07, 6.45) is 0.947. The molecule has 7 nitrogen and oxygen atoms in total. The van der Waals surface area contributed by atoms with Crippen molar-refractivity contribution in [2.45, 2.75) is 19.3 Å². The molecule has 3 rings (SSSR count). The number of para-hydroxylation sites is 1. The number of aromatic nitrogens is 1. The van der Waals surface area contributed by atoms with Crippen LogP contribution in [0.25, 0.3) is 11.0 Å². The number of ether oxygens (including phenoxy) is 1. The molecule has 3 aromatic rings. The van der Waals surface area contributed by atoms with Crippen LogP contribution in [0.1, 0.15) is 29.2 Å². The summed E-state index contributed by atoms with van der Waals surface area (Å²) in [5.41, 5.74) is 0.140. The molecule has 1 aromatic carbocycles. The molecule has 2 aromatic heterocycles. The molecule has 0 radical (unpaired) electrons. The number of benzene rings is 1. The first-order valence-electron chi connectivity index (χ1n) is 8.32. The summed E-state index contributed by atoms with van der Waals surface area (Å²) >= 11 is 0. The molecule has 27 heavy (non-hydrogen) atoms. The monoisotopic (exact) mass is 369 g/mol. The van der Waals surface area contributed by atoms with Gasteiger partial charge in [-0.2, -0.15) is 0 Å². The Hall–Kier alpha value is -3.35. The highest BCUT2D eigenvalue weighted by Gasteiger charge is 2.29. The third-order valence-corrected chi connectivity index (χ3v) is 4.71. The van der Waals surface area contributed by atoms with Crippen molar-refractivity contribution in [3.05, 3.63) is 74.0 Å². The van der Waals surface area contributed by atoms with E-state index in [0.717, 1.165) is 0 Å². The van der Waals surface area contributed by atoms with Gasteiger partial charge < -0.3 is 18.8 Å². The molecule has 1 atom stereocenters. The third kappa shape index (κ3) is 3.23. The molecule has 1 N–H and O–H groups in total. The van der Waals surface area contributed by atoms with Crippen LogP contribution in [0.4, 0.5) is 0 Å². The summed E-state index contributed by atoms with van der Waals surface area (Å²) in [4.78, 5) is 37.7. The van der Waals surface area contributed by atoms with Crippen LogP contribution in [0.2, 0.25) is 0 Å². The predicted molar refractivity (Wildman–Crippen MR) is 99.0 cm³/mol. The van der Waals surface area contributed by atoms with E-state index >= 15 is 0 Å². The molecule has 0 aliphatic carbocycles. The summed E-state index contributed by atoms with van der Waals surface area (Å²) in [6.45, 7) is 1.67. The van der Waals surface area contributed by atoms with Crippen LogP contribution in [0, 0.1) is 6.92 Å². The van der Waals surface area contributed by atoms with Crippen LogP contribution < -0.4 is 11.0 Å². The smallest absolute Gasteiger partial charge is 0.306 e. The number of fused-ring (bicyclic) bond motifs is 1. The van der Waals surface area contributed by atoms with E-state index in [4.69, 9.17) is 9.15 Å². The lowest BCUT2D eigenvalue weighted by Gasteiger charge is -2.18. The summed E-state index contributed by atoms with van der Waals surface area (Å²) in [7, 11) is 2.77. The molecular formula is C20H19NO6. The van der Waals surface area contributed by atoms with Crippen LogP contribution in [-0.2, 0) is 16.6 Å². The molecule has 2 heterocycles. The summed E-state index contributed by atoms with van der Waals surface area (Å²) in [5.74, 6) is -1.90. The van der Waals surface area contributed by atoms with Gasteiger partial charge in [0.1, 0.15) is 11.3 Å². The van der Waals surface area contributed by atoms with Gasteiger partial charge in [-0.05, 0) is 25.1 Å². The van der Waals surface area contributed by atoms with E-state index in [1.807, 2.05) is 0 Å². The Balaban J connectivity index is 2.30. The van der Waals surface area contributed by atoms with Gasteiger partial charge in [-0.3, -0.25) is 14.4 Å². The van der Waals surface area contributed by atoms with Gasteiger partial charge in [0, 0.05) is 24.2 Å². The molecule has 0 spiro atoms. The molecule has 0 aliphatic heterocycles. The number of hydrogen-bond donors (Lipinski definition) is 1. The Morgan fingerprint density at radius 2 is 2.00 bits per heavy atom. The van der Waals surface area contributed by atoms with Crippen molar-refractivity contribution >= 4 is 16.9 Å². The molecular weight excluding hydrogens is 350 g/mol. The van der Waals surface area contributed by atoms with Crippen molar-refractivity contribution in [1.29, 1.82) is 0 Å². The van der Waals surface area contributed by atoms with E-state index in [0.29, 0.717) is 16.7 Å². The Labute approximate surface area is 154 Å². The first-order valence-corrected chi connectivity index (χ1v) is 8.32. The molecule has 0 saturated carbocycles. The average Bonchev–Trinajstić information content (AvgIpc) is 2.66. The Morgan fingerprint density at radius 3 is 2.70 bits per heavy atom. The van der Waals surface area contributed by atoms with Crippen molar-refractivity contribution in [3.8, 4) is 5.75 Å². The third-order valence-electron chi connectivity index (χ3n) is 4.71. The maximum absolute atomic E-state index is 13.0. The molecule has 1 unspecified atom stereocenters. The summed E-state index contributed by atoms with van der Waals surface area (Å²) in [5, 5.41) is 10.7. The van der Waals surface area contributed by atoms with Crippen LogP contribution >= 0.6 is 0 Å². The minimum Gasteiger partial charge on any atom is -0.507 e. The van der Waals surface area contributed by atoms with Crippen LogP contribution in [0.3, 0.4) is 0 Å². The van der Waals surface area contributed by atoms with E-state index in [-0.39, 0.29) is 28.7 Å². The fraction of sp³-hybridized carbons (Fsp3) is 0.250. The van der Waals surface area contributed by atoms with Gasteiger partial charge >= 0.3 is 5.97 Å². The topological polar surface area (TPSA) is 98.7 Å². The molecule has 0 amide bonds. The largest absolute Gasteiger partial charge is 0.507 e. The Kier molecular flexibility index (Phi) is 4.85. The van der Waals surface area contributed by atoms with Crippen LogP contribution in [0.5, 0.6) is 5.75 Å². The number of carbonyl (C=O) groups is 1. The molecule has 7 heteroatoms. The lowest BCUT2D eigenvalue weighted by molar-refractivity contribution is -0.140. The molecule has 0 fully saturated rings. The molecule has 140 valence electrons. The highest BCUT2D eigenvalue weighted by atomic mass is 16.5. The fourth-order valence-electron chi connectivity index (χ4n) is 3.10. The minimum absolute atomic E-state index is 0.0453. The van der Waals surface area contributed by atoms with Crippen LogP contribution in [-0.4, -0.2) is 22.8 Å². The van der Waals surface area contributed by atoms with Gasteiger partial charge in [0.2, 0.25) is 0 Å². The van der Waals surface area contributed by atoms with E-state index in [1.165, 1.54) is 24.0 Å². The van der Waals surface area contributed by atoms with Gasteiger partial charge in [0.15, 0.2) is 5.43 Å². The number of carbonyl (C=O) groups excluding carboxylic acids is 1. The van der Waals surface area contributed by atoms with Crippen molar-refractivity contribution in [2.75, 3.05) is 7.11 Å². The zero-order valence-corrected chi connectivity index (χ0v) is 15.2. The van der Waals surface area contributed by atoms with Gasteiger partial charge in [-0.1, -0.05) is 12.1 Å². The number of pyridine rings is 1. The SMILES string of the molecule is COC(=O)CC(c1coc2ccccc2c1=O)c1c(O)cc(C)n(C)c1=O. The number of esters is 1. The fourth-order valence-corrected chi connectivity index (χ4v) is 3.10. The maximum atomic E-state index is 13.0. The van der Waals surface area contributed by atoms with Gasteiger partial charge in [-0.25, -0.2) is 0 Å². The number of aryl methyl sites for hydroxylation is 1. The summed E-state index contributed by atoms with van der Waals surface area (Å²) in [6, 6.07) is 8.11. The number of rotatable bonds is 4. The first-order chi connectivity index (χ1) is 12.8. The van der Waals surface area contributed by atoms with E-state index in [2.05, 4.69) is 0 Å². The van der Waals surface area contributed by atoms with Crippen molar-refractivity contribution in [2.24, 2.45) is 7.05 Å². The normalized spacial score (nSPS) is 12.1. The standard InChI is InChI=1S/C20H19NO6/c1-11-8-15(22)18(20(25)21(11)2)13(9-17(23)26-3)14-10-27-16-7-5-4-6-12(16)19(14)24/h4-8,10,13,22H,9H2,1-3H3. The second kappa shape index (κ2) is 7.11. The predicted octanol–water partition coefficient (Wildman–Crippen LogP) is 2.20. The zero-order chi connectivity index (χ0) is 19.7. The number of hydrogen-bond acceptors (Lipinski definition) is 6. The minimum atomic E-state index is -1.00. The Bertz CT molecular complexity index is 1140. The van der Waals surface area contributed by atoms with Gasteiger partial charge in [-0.15, -0.1) is 0 Å². The second-order valence-electron chi connectivity index (χ2n) is 6.30. The van der Waals surface area contributed by atoms with Crippen molar-refractivity contribution < 1.29 is 19.1 Å². The lowest BCUT2D eigenvalue weighted by atomic mass is 9.88. The molecule has 0 saturated heterocycles. The van der Waals surface area contributed by atoms with E-state index < -0.39 is 17.4 Å². The van der Waals surface area contributed by atoms with E-state index in [9.17, 15) is 19.5 Å². The molecule has 0 bridgehead atoms. The molecule has 0 aliphatic rings. The van der Waals surface area contributed by atoms with Crippen molar-refractivity contribution in [1.82, 2.24) is 4.57 Å². The first kappa shape index (κ1) is 18.4. The maximum Gasteiger partial charge on any atom is 0.306 e. The average molecular weight is 369 g/mol. The summed E-state index contributed by atoms with van der Waals surface area (Å²) < 4.78 is 11.6.